The van der Waals surface area contributed by atoms with E-state index in [2.05, 4.69) is 18.3 Å². The molecule has 9 N–H and O–H groups in total. The number of aromatic amines is 1. The van der Waals surface area contributed by atoms with Crippen LogP contribution >= 0.6 is 15.6 Å². The molecular formula is C14H28N4O10P2. The lowest BCUT2D eigenvalue weighted by Crippen LogP contribution is -2.33. The first-order valence-corrected chi connectivity index (χ1v) is 11.3. The van der Waals surface area contributed by atoms with Crippen LogP contribution in [0.15, 0.2) is 27.9 Å². The van der Waals surface area contributed by atoms with E-state index >= 15 is 0 Å². The average Bonchev–Trinajstić information content (AvgIpc) is 3.04. The number of hydrogen-bond acceptors (Lipinski definition) is 10. The molecule has 0 radical (unpaired) electrons. The van der Waals surface area contributed by atoms with E-state index in [4.69, 9.17) is 4.74 Å². The van der Waals surface area contributed by atoms with Crippen LogP contribution in [0, 0.1) is 6.92 Å². The van der Waals surface area contributed by atoms with Crippen LogP contribution in [0.1, 0.15) is 31.6 Å². The predicted molar refractivity (Wildman–Crippen MR) is 107 cm³/mol. The summed E-state index contributed by atoms with van der Waals surface area (Å²) in [5.41, 5.74) is -0.907. The van der Waals surface area contributed by atoms with Crippen molar-refractivity contribution < 1.29 is 37.0 Å². The Labute approximate surface area is 172 Å². The fourth-order valence-corrected chi connectivity index (χ4v) is 4.30. The fraction of sp³-hybridized carbons (Fsp3) is 0.571. The number of unbranched alkanes of at least 4 members (excludes halogenated alkanes) is 1. The summed E-state index contributed by atoms with van der Waals surface area (Å²) in [6.07, 6.45) is 3.72. The van der Waals surface area contributed by atoms with E-state index in [1.807, 2.05) is 6.92 Å². The summed E-state index contributed by atoms with van der Waals surface area (Å²) < 4.78 is 43.5. The van der Waals surface area contributed by atoms with E-state index in [-0.39, 0.29) is 18.9 Å². The standard InChI is InChI=1S/C14H22N2O10P2.2H3N/c1-3-4-7-23-27(19,20)26-28(21,22)24-9-11-5-6-12(25-11)16-8-10(2)13(17)15-14(16)18;;/h5-6,8,11-12H,3-4,7,9H2,1-2H3,(H,19,20)(H,21,22)(H,15,17,18);2*1H3/t11-,12+;;/m0../s1. The summed E-state index contributed by atoms with van der Waals surface area (Å²) in [6, 6.07) is 0. The molecule has 0 aliphatic carbocycles. The van der Waals surface area contributed by atoms with Crippen LogP contribution in [0.2, 0.25) is 0 Å². The number of phosphoric ester groups is 2. The van der Waals surface area contributed by atoms with Gasteiger partial charge in [0.2, 0.25) is 0 Å². The molecule has 1 aromatic heterocycles. The Morgan fingerprint density at radius 3 is 2.43 bits per heavy atom. The quantitative estimate of drug-likeness (QED) is 0.185. The molecule has 2 rings (SSSR count). The Bertz CT molecular complexity index is 930. The highest BCUT2D eigenvalue weighted by Crippen LogP contribution is 2.60. The van der Waals surface area contributed by atoms with Crippen LogP contribution in [0.4, 0.5) is 0 Å². The number of phosphoric acid groups is 2. The first-order valence-electron chi connectivity index (χ1n) is 8.35. The first-order chi connectivity index (χ1) is 13.0. The maximum absolute atomic E-state index is 11.9. The van der Waals surface area contributed by atoms with Crippen molar-refractivity contribution in [1.82, 2.24) is 21.9 Å². The lowest BCUT2D eigenvalue weighted by Gasteiger charge is -2.19. The van der Waals surface area contributed by atoms with Crippen molar-refractivity contribution in [1.29, 1.82) is 0 Å². The van der Waals surface area contributed by atoms with Crippen molar-refractivity contribution >= 4 is 15.6 Å². The van der Waals surface area contributed by atoms with Gasteiger partial charge in [-0.15, -0.1) is 0 Å². The van der Waals surface area contributed by atoms with Gasteiger partial charge in [-0.25, -0.2) is 13.9 Å². The van der Waals surface area contributed by atoms with Crippen LogP contribution in [0.3, 0.4) is 0 Å². The number of aromatic nitrogens is 2. The normalized spacial score (nSPS) is 21.9. The van der Waals surface area contributed by atoms with E-state index in [0.29, 0.717) is 18.4 Å². The molecule has 174 valence electrons. The minimum Gasteiger partial charge on any atom is -0.344 e. The Kier molecular flexibility index (Phi) is 11.3. The molecule has 0 fully saturated rings. The Hall–Kier alpha value is -1.44. The number of nitrogens with zero attached hydrogens (tertiary/aromatic N) is 1. The number of nitrogens with one attached hydrogen (secondary N) is 1. The minimum atomic E-state index is -4.90. The van der Waals surface area contributed by atoms with Crippen molar-refractivity contribution in [2.45, 2.75) is 39.0 Å². The third-order valence-electron chi connectivity index (χ3n) is 3.59. The molecular weight excluding hydrogens is 446 g/mol. The highest BCUT2D eigenvalue weighted by molar-refractivity contribution is 7.61. The van der Waals surface area contributed by atoms with Gasteiger partial charge >= 0.3 is 21.3 Å². The van der Waals surface area contributed by atoms with Crippen LogP contribution in [-0.4, -0.2) is 38.7 Å². The number of aryl methyl sites for hydroxylation is 1. The van der Waals surface area contributed by atoms with Crippen molar-refractivity contribution in [3.63, 3.8) is 0 Å². The average molecular weight is 474 g/mol. The van der Waals surface area contributed by atoms with Crippen LogP contribution in [-0.2, 0) is 27.2 Å². The molecule has 0 amide bonds. The second-order valence-electron chi connectivity index (χ2n) is 5.93. The van der Waals surface area contributed by atoms with Crippen molar-refractivity contribution in [2.24, 2.45) is 0 Å². The first kappa shape index (κ1) is 28.6. The molecule has 2 heterocycles. The molecule has 0 saturated heterocycles. The van der Waals surface area contributed by atoms with E-state index in [9.17, 15) is 28.5 Å². The van der Waals surface area contributed by atoms with Crippen LogP contribution in [0.5, 0.6) is 0 Å². The summed E-state index contributed by atoms with van der Waals surface area (Å²) in [7, 11) is -9.66. The lowest BCUT2D eigenvalue weighted by atomic mass is 10.3. The van der Waals surface area contributed by atoms with Gasteiger partial charge in [-0.05, 0) is 19.4 Å². The summed E-state index contributed by atoms with van der Waals surface area (Å²) >= 11 is 0. The molecule has 0 bridgehead atoms. The third-order valence-corrected chi connectivity index (χ3v) is 6.22. The maximum atomic E-state index is 11.9. The van der Waals surface area contributed by atoms with Gasteiger partial charge in [0.15, 0.2) is 6.23 Å². The fourth-order valence-electron chi connectivity index (χ4n) is 2.19. The Balaban J connectivity index is 0.00000420. The third kappa shape index (κ3) is 8.36. The van der Waals surface area contributed by atoms with Gasteiger partial charge in [-0.2, -0.15) is 4.31 Å². The van der Waals surface area contributed by atoms with Crippen LogP contribution < -0.4 is 23.6 Å². The van der Waals surface area contributed by atoms with Crippen molar-refractivity contribution in [2.75, 3.05) is 13.2 Å². The lowest BCUT2D eigenvalue weighted by molar-refractivity contribution is -0.0107. The SMILES string of the molecule is CCCCOP(=O)(O)OP(=O)(O)OC[C@@H]1C=C[C@H](n2cc(C)c(=O)[nH]c2=O)O1.N.N. The van der Waals surface area contributed by atoms with E-state index in [1.165, 1.54) is 25.3 Å². The second kappa shape index (κ2) is 11.8. The van der Waals surface area contributed by atoms with E-state index in [0.717, 1.165) is 4.57 Å². The molecule has 0 aromatic carbocycles. The topological polar surface area (TPSA) is 236 Å². The zero-order chi connectivity index (χ0) is 20.9. The number of H-pyrrole nitrogens is 1. The molecule has 16 heteroatoms. The van der Waals surface area contributed by atoms with E-state index in [1.54, 1.807) is 0 Å². The zero-order valence-corrected chi connectivity index (χ0v) is 18.4. The van der Waals surface area contributed by atoms with Gasteiger partial charge in [0.25, 0.3) is 5.56 Å². The minimum absolute atomic E-state index is 0. The Morgan fingerprint density at radius 1 is 1.17 bits per heavy atom. The molecule has 1 aromatic rings. The van der Waals surface area contributed by atoms with Crippen molar-refractivity contribution in [3.8, 4) is 0 Å². The molecule has 0 spiro atoms. The van der Waals surface area contributed by atoms with Gasteiger partial charge in [-0.3, -0.25) is 23.4 Å². The predicted octanol–water partition coefficient (Wildman–Crippen LogP) is 1.67. The van der Waals surface area contributed by atoms with Gasteiger partial charge in [0, 0.05) is 11.8 Å². The molecule has 0 saturated carbocycles. The molecule has 4 atom stereocenters. The molecule has 1 aliphatic heterocycles. The van der Waals surface area contributed by atoms with Crippen molar-refractivity contribution in [3.05, 3.63) is 44.8 Å². The highest BCUT2D eigenvalue weighted by atomic mass is 31.3. The Morgan fingerprint density at radius 2 is 1.80 bits per heavy atom. The monoisotopic (exact) mass is 474 g/mol. The van der Waals surface area contributed by atoms with E-state index < -0.39 is 45.8 Å². The van der Waals surface area contributed by atoms with Gasteiger partial charge in [-0.1, -0.05) is 19.4 Å². The van der Waals surface area contributed by atoms with Gasteiger partial charge < -0.3 is 26.8 Å². The number of ether oxygens (including phenoxy) is 1. The molecule has 1 aliphatic rings. The van der Waals surface area contributed by atoms with Crippen LogP contribution in [0.25, 0.3) is 0 Å². The summed E-state index contributed by atoms with van der Waals surface area (Å²) in [4.78, 5) is 44.4. The molecule has 14 nitrogen and oxygen atoms in total. The second-order valence-corrected chi connectivity index (χ2v) is 8.97. The number of hydrogen-bond donors (Lipinski definition) is 5. The number of rotatable bonds is 10. The van der Waals surface area contributed by atoms with Gasteiger partial charge in [0.05, 0.1) is 13.2 Å². The summed E-state index contributed by atoms with van der Waals surface area (Å²) in [5.74, 6) is 0. The molecule has 30 heavy (non-hydrogen) atoms. The highest BCUT2D eigenvalue weighted by Gasteiger charge is 2.36. The largest absolute Gasteiger partial charge is 0.481 e. The summed E-state index contributed by atoms with van der Waals surface area (Å²) in [5, 5.41) is 0. The smallest absolute Gasteiger partial charge is 0.344 e. The summed E-state index contributed by atoms with van der Waals surface area (Å²) in [6.45, 7) is 2.74. The zero-order valence-electron chi connectivity index (χ0n) is 16.6. The molecule has 2 unspecified atom stereocenters. The van der Waals surface area contributed by atoms with Gasteiger partial charge in [0.1, 0.15) is 6.10 Å². The maximum Gasteiger partial charge on any atom is 0.481 e.